The van der Waals surface area contributed by atoms with E-state index >= 15 is 0 Å². The third-order valence-electron chi connectivity index (χ3n) is 5.77. The highest BCUT2D eigenvalue weighted by atomic mass is 16.5. The third kappa shape index (κ3) is 6.06. The lowest BCUT2D eigenvalue weighted by molar-refractivity contribution is -0.0273. The Labute approximate surface area is 184 Å². The number of ether oxygens (including phenoxy) is 2. The number of benzene rings is 2. The number of hydrogen-bond acceptors (Lipinski definition) is 5. The highest BCUT2D eigenvalue weighted by Gasteiger charge is 2.24. The van der Waals surface area contributed by atoms with Gasteiger partial charge in [0.15, 0.2) is 0 Å². The van der Waals surface area contributed by atoms with Crippen molar-refractivity contribution in [2.75, 3.05) is 32.0 Å². The molecule has 1 aliphatic rings. The number of anilines is 1. The van der Waals surface area contributed by atoms with E-state index in [1.807, 2.05) is 54.9 Å². The summed E-state index contributed by atoms with van der Waals surface area (Å²) < 4.78 is 12.4. The van der Waals surface area contributed by atoms with E-state index in [-0.39, 0.29) is 12.2 Å². The van der Waals surface area contributed by atoms with E-state index in [0.717, 1.165) is 50.2 Å². The first-order valence-corrected chi connectivity index (χ1v) is 11.1. The molecule has 31 heavy (non-hydrogen) atoms. The Kier molecular flexibility index (Phi) is 7.53. The zero-order valence-corrected chi connectivity index (χ0v) is 17.9. The quantitative estimate of drug-likeness (QED) is 0.404. The number of likely N-dealkylation sites (tertiary alicyclic amines) is 1. The molecule has 0 bridgehead atoms. The maximum atomic E-state index is 6.62. The van der Waals surface area contributed by atoms with Gasteiger partial charge in [0, 0.05) is 32.0 Å². The van der Waals surface area contributed by atoms with Crippen molar-refractivity contribution in [3.8, 4) is 5.75 Å². The molecule has 0 spiro atoms. The number of rotatable bonds is 9. The molecule has 1 aliphatic heterocycles. The monoisotopic (exact) mass is 417 g/mol. The summed E-state index contributed by atoms with van der Waals surface area (Å²) in [5.41, 5.74) is 8.97. The number of nitrogens with two attached hydrogens (primary N) is 1. The zero-order valence-electron chi connectivity index (χ0n) is 17.9. The number of nitrogen functional groups attached to an aromatic ring is 1. The molecular weight excluding hydrogens is 386 g/mol. The van der Waals surface area contributed by atoms with Crippen LogP contribution in [0.15, 0.2) is 79.1 Å². The van der Waals surface area contributed by atoms with Crippen molar-refractivity contribution in [1.82, 2.24) is 9.88 Å². The van der Waals surface area contributed by atoms with Crippen LogP contribution in [0.1, 0.15) is 36.5 Å². The van der Waals surface area contributed by atoms with Gasteiger partial charge in [-0.1, -0.05) is 42.5 Å². The lowest BCUT2D eigenvalue weighted by Crippen LogP contribution is -2.38. The van der Waals surface area contributed by atoms with E-state index in [1.54, 1.807) is 0 Å². The molecular formula is C26H31N3O2. The Morgan fingerprint density at radius 1 is 0.903 bits per heavy atom. The number of para-hydroxylation sites is 2. The van der Waals surface area contributed by atoms with Crippen molar-refractivity contribution in [2.24, 2.45) is 0 Å². The molecule has 0 amide bonds. The van der Waals surface area contributed by atoms with Gasteiger partial charge >= 0.3 is 0 Å². The fourth-order valence-corrected chi connectivity index (χ4v) is 4.06. The van der Waals surface area contributed by atoms with Crippen molar-refractivity contribution in [2.45, 2.75) is 31.5 Å². The molecule has 2 aromatic carbocycles. The predicted molar refractivity (Wildman–Crippen MR) is 124 cm³/mol. The van der Waals surface area contributed by atoms with Crippen LogP contribution in [0, 0.1) is 0 Å². The Hall–Kier alpha value is -2.89. The van der Waals surface area contributed by atoms with Gasteiger partial charge in [0.2, 0.25) is 0 Å². The Morgan fingerprint density at radius 2 is 1.58 bits per heavy atom. The Balaban J connectivity index is 1.24. The van der Waals surface area contributed by atoms with Crippen LogP contribution in [0.4, 0.5) is 5.69 Å². The normalized spacial score (nSPS) is 16.1. The number of nitrogens with zero attached hydrogens (tertiary/aromatic N) is 2. The minimum Gasteiger partial charge on any atom is -0.491 e. The third-order valence-corrected chi connectivity index (χ3v) is 5.77. The number of aromatic nitrogens is 1. The second-order valence-corrected chi connectivity index (χ2v) is 7.99. The number of pyridine rings is 1. The largest absolute Gasteiger partial charge is 0.491 e. The summed E-state index contributed by atoms with van der Waals surface area (Å²) in [5, 5.41) is 0. The highest BCUT2D eigenvalue weighted by Crippen LogP contribution is 2.29. The summed E-state index contributed by atoms with van der Waals surface area (Å²) in [7, 11) is 0. The van der Waals surface area contributed by atoms with Crippen LogP contribution in [0.5, 0.6) is 5.75 Å². The molecule has 3 aromatic rings. The second kappa shape index (κ2) is 10.9. The molecule has 0 radical (unpaired) electrons. The molecule has 4 rings (SSSR count). The van der Waals surface area contributed by atoms with Crippen LogP contribution < -0.4 is 10.5 Å². The van der Waals surface area contributed by atoms with Crippen molar-refractivity contribution in [3.05, 3.63) is 90.3 Å². The Morgan fingerprint density at radius 3 is 2.32 bits per heavy atom. The smallest absolute Gasteiger partial charge is 0.142 e. The standard InChI is InChI=1S/C26H31N3O2/c27-24-9-4-5-10-25(24)30-20-6-17-29-18-13-23(14-19-29)31-26(21-7-2-1-3-8-21)22-11-15-28-16-12-22/h1-5,7-12,15-16,23,26H,6,13-14,17-20,27H2. The summed E-state index contributed by atoms with van der Waals surface area (Å²) >= 11 is 0. The maximum Gasteiger partial charge on any atom is 0.142 e. The molecule has 0 saturated carbocycles. The average Bonchev–Trinajstić information content (AvgIpc) is 2.83. The summed E-state index contributed by atoms with van der Waals surface area (Å²) in [6.07, 6.45) is 6.95. The van der Waals surface area contributed by atoms with Crippen LogP contribution in [-0.2, 0) is 4.74 Å². The van der Waals surface area contributed by atoms with E-state index in [4.69, 9.17) is 15.2 Å². The van der Waals surface area contributed by atoms with Crippen LogP contribution in [-0.4, -0.2) is 42.2 Å². The highest BCUT2D eigenvalue weighted by molar-refractivity contribution is 5.51. The summed E-state index contributed by atoms with van der Waals surface area (Å²) in [4.78, 5) is 6.66. The maximum absolute atomic E-state index is 6.62. The van der Waals surface area contributed by atoms with Gasteiger partial charge in [-0.25, -0.2) is 0 Å². The molecule has 1 unspecified atom stereocenters. The van der Waals surface area contributed by atoms with E-state index in [0.29, 0.717) is 12.3 Å². The van der Waals surface area contributed by atoms with Crippen LogP contribution in [0.2, 0.25) is 0 Å². The van der Waals surface area contributed by atoms with Crippen molar-refractivity contribution >= 4 is 5.69 Å². The fourth-order valence-electron chi connectivity index (χ4n) is 4.06. The van der Waals surface area contributed by atoms with Crippen LogP contribution >= 0.6 is 0 Å². The van der Waals surface area contributed by atoms with Crippen molar-refractivity contribution in [3.63, 3.8) is 0 Å². The lowest BCUT2D eigenvalue weighted by atomic mass is 10.0. The molecule has 2 heterocycles. The molecule has 2 N–H and O–H groups in total. The number of hydrogen-bond donors (Lipinski definition) is 1. The minimum atomic E-state index is -0.0505. The molecule has 0 aliphatic carbocycles. The van der Waals surface area contributed by atoms with Gasteiger partial charge in [0.25, 0.3) is 0 Å². The van der Waals surface area contributed by atoms with Gasteiger partial charge in [0.05, 0.1) is 18.4 Å². The van der Waals surface area contributed by atoms with E-state index in [9.17, 15) is 0 Å². The van der Waals surface area contributed by atoms with Gasteiger partial charge < -0.3 is 20.1 Å². The fraction of sp³-hybridized carbons (Fsp3) is 0.346. The predicted octanol–water partition coefficient (Wildman–Crippen LogP) is 4.70. The zero-order chi connectivity index (χ0) is 21.3. The first-order valence-electron chi connectivity index (χ1n) is 11.1. The van der Waals surface area contributed by atoms with Gasteiger partial charge in [-0.15, -0.1) is 0 Å². The SMILES string of the molecule is Nc1ccccc1OCCCN1CCC(OC(c2ccccc2)c2ccncc2)CC1. The molecule has 1 fully saturated rings. The average molecular weight is 418 g/mol. The molecule has 162 valence electrons. The number of piperidine rings is 1. The summed E-state index contributed by atoms with van der Waals surface area (Å²) in [6.45, 7) is 3.82. The molecule has 1 aromatic heterocycles. The second-order valence-electron chi connectivity index (χ2n) is 7.99. The summed E-state index contributed by atoms with van der Waals surface area (Å²) in [5.74, 6) is 0.776. The van der Waals surface area contributed by atoms with Gasteiger partial charge in [0.1, 0.15) is 11.9 Å². The van der Waals surface area contributed by atoms with Gasteiger partial charge in [-0.3, -0.25) is 4.98 Å². The van der Waals surface area contributed by atoms with Crippen molar-refractivity contribution in [1.29, 1.82) is 0 Å². The lowest BCUT2D eigenvalue weighted by Gasteiger charge is -2.34. The van der Waals surface area contributed by atoms with Crippen molar-refractivity contribution < 1.29 is 9.47 Å². The molecule has 5 heteroatoms. The Bertz CT molecular complexity index is 873. The van der Waals surface area contributed by atoms with Crippen LogP contribution in [0.25, 0.3) is 0 Å². The van der Waals surface area contributed by atoms with E-state index in [2.05, 4.69) is 34.1 Å². The summed E-state index contributed by atoms with van der Waals surface area (Å²) in [6, 6.07) is 22.2. The van der Waals surface area contributed by atoms with Crippen LogP contribution in [0.3, 0.4) is 0 Å². The minimum absolute atomic E-state index is 0.0505. The van der Waals surface area contributed by atoms with Gasteiger partial charge in [-0.2, -0.15) is 0 Å². The molecule has 1 saturated heterocycles. The molecule has 5 nitrogen and oxygen atoms in total. The van der Waals surface area contributed by atoms with E-state index in [1.165, 1.54) is 5.56 Å². The molecule has 1 atom stereocenters. The first kappa shape index (κ1) is 21.3. The first-order chi connectivity index (χ1) is 15.3. The topological polar surface area (TPSA) is 60.6 Å². The van der Waals surface area contributed by atoms with E-state index < -0.39 is 0 Å². The van der Waals surface area contributed by atoms with Gasteiger partial charge in [-0.05, 0) is 54.7 Å².